The summed E-state index contributed by atoms with van der Waals surface area (Å²) in [6, 6.07) is 0. The SMILES string of the molecule is CC/C=C\C/C=C\C/C=C\C/C=C\CCCCCCCCC(=O)OCC(COP(=O)(O)OCC(O)COP(=O)(O)OCC(COC(=O)CCCCCCCCC/C=C\C/C=C\C/C=C\CC)OC(=O)CCCCCCCCCCCCC)OC(=O)CCCCCCC/C=C\C/C=C\CCCCC. The van der Waals surface area contributed by atoms with E-state index in [9.17, 15) is 43.2 Å². The van der Waals surface area contributed by atoms with Gasteiger partial charge in [-0.3, -0.25) is 37.3 Å². The number of carbonyl (C=O) groups excluding carboxylic acids is 4. The van der Waals surface area contributed by atoms with E-state index in [1.807, 2.05) is 0 Å². The van der Waals surface area contributed by atoms with Gasteiger partial charge in [0.25, 0.3) is 0 Å². The first-order valence-electron chi connectivity index (χ1n) is 40.1. The number of aliphatic hydroxyl groups is 1. The van der Waals surface area contributed by atoms with Crippen molar-refractivity contribution in [2.75, 3.05) is 39.6 Å². The van der Waals surface area contributed by atoms with E-state index in [0.717, 1.165) is 199 Å². The van der Waals surface area contributed by atoms with Gasteiger partial charge in [-0.2, -0.15) is 0 Å². The molecule has 0 saturated carbocycles. The van der Waals surface area contributed by atoms with Crippen LogP contribution in [-0.4, -0.2) is 96.7 Å². The van der Waals surface area contributed by atoms with Crippen LogP contribution in [0.4, 0.5) is 0 Å². The lowest BCUT2D eigenvalue weighted by atomic mass is 10.1. The Kier molecular flexibility index (Phi) is 71.8. The van der Waals surface area contributed by atoms with Crippen LogP contribution in [0, 0.1) is 0 Å². The van der Waals surface area contributed by atoms with Crippen LogP contribution in [-0.2, 0) is 65.4 Å². The molecular formula is C83H144O17P2. The lowest BCUT2D eigenvalue weighted by Gasteiger charge is -2.21. The molecule has 0 aliphatic heterocycles. The van der Waals surface area contributed by atoms with E-state index in [2.05, 4.69) is 137 Å². The standard InChI is InChI=1S/C83H144O17P2/c1-5-9-13-17-21-25-29-32-35-37-38-40-43-45-49-52-56-60-64-68-81(86)94-74-79(100-83(88)70-66-62-58-54-50-46-41-34-31-27-23-19-15-11-7-3)76-98-102(91,92)96-72-77(84)71-95-101(89,90)97-75-78(99-82(87)69-65-61-57-53-47-28-24-20-16-12-8-4)73-93-80(85)67-63-59-55-51-48-44-42-39-36-33-30-26-22-18-14-10-6-2/h9-10,13-14,21-23,25-27,32-36,38,40-41,77-79,84H,5-8,11-12,15-20,24,28-31,37,39,42-76H2,1-4H3,(H,89,90)(H,91,92)/b13-9-,14-10-,25-21-,26-22-,27-23-,35-32-,36-33-,40-38-,41-34-. The Hall–Kier alpha value is -4.28. The number of unbranched alkanes of at least 4 members (excludes halogenated alkanes) is 31. The molecule has 0 radical (unpaired) electrons. The maximum atomic E-state index is 13.1. The van der Waals surface area contributed by atoms with Crippen molar-refractivity contribution >= 4 is 39.5 Å². The fourth-order valence-corrected chi connectivity index (χ4v) is 12.2. The molecule has 102 heavy (non-hydrogen) atoms. The summed E-state index contributed by atoms with van der Waals surface area (Å²) in [6.45, 7) is 4.61. The van der Waals surface area contributed by atoms with E-state index >= 15 is 0 Å². The minimum atomic E-state index is -4.98. The molecule has 0 saturated heterocycles. The second kappa shape index (κ2) is 75.0. The van der Waals surface area contributed by atoms with Gasteiger partial charge in [-0.25, -0.2) is 9.13 Å². The van der Waals surface area contributed by atoms with E-state index < -0.39 is 97.5 Å². The molecule has 3 N–H and O–H groups in total. The van der Waals surface area contributed by atoms with Gasteiger partial charge in [-0.1, -0.05) is 291 Å². The second-order valence-corrected chi connectivity index (χ2v) is 29.5. The number of phosphoric acid groups is 2. The first-order valence-corrected chi connectivity index (χ1v) is 43.1. The van der Waals surface area contributed by atoms with Crippen molar-refractivity contribution < 1.29 is 80.2 Å². The van der Waals surface area contributed by atoms with Gasteiger partial charge in [0.2, 0.25) is 0 Å². The van der Waals surface area contributed by atoms with Crippen LogP contribution >= 0.6 is 15.6 Å². The van der Waals surface area contributed by atoms with E-state index in [4.69, 9.17) is 37.0 Å². The Morgan fingerprint density at radius 2 is 0.510 bits per heavy atom. The summed E-state index contributed by atoms with van der Waals surface area (Å²) in [5, 5.41) is 10.6. The van der Waals surface area contributed by atoms with Crippen LogP contribution in [0.25, 0.3) is 0 Å². The highest BCUT2D eigenvalue weighted by Gasteiger charge is 2.30. The third kappa shape index (κ3) is 74.0. The Bertz CT molecular complexity index is 2360. The van der Waals surface area contributed by atoms with Crippen molar-refractivity contribution in [3.05, 3.63) is 109 Å². The molecule has 0 aliphatic rings. The predicted molar refractivity (Wildman–Crippen MR) is 418 cm³/mol. The largest absolute Gasteiger partial charge is 0.472 e. The first-order chi connectivity index (χ1) is 49.7. The molecule has 0 fully saturated rings. The third-order valence-corrected chi connectivity index (χ3v) is 18.6. The van der Waals surface area contributed by atoms with Gasteiger partial charge in [-0.15, -0.1) is 0 Å². The molecular weight excluding hydrogens is 1330 g/mol. The summed E-state index contributed by atoms with van der Waals surface area (Å²) in [5.41, 5.74) is 0. The summed E-state index contributed by atoms with van der Waals surface area (Å²) >= 11 is 0. The summed E-state index contributed by atoms with van der Waals surface area (Å²) in [5.74, 6) is -2.20. The summed E-state index contributed by atoms with van der Waals surface area (Å²) < 4.78 is 68.6. The smallest absolute Gasteiger partial charge is 0.462 e. The molecule has 0 aromatic carbocycles. The van der Waals surface area contributed by atoms with Crippen molar-refractivity contribution in [1.82, 2.24) is 0 Å². The number of esters is 4. The highest BCUT2D eigenvalue weighted by atomic mass is 31.2. The van der Waals surface area contributed by atoms with Gasteiger partial charge in [0, 0.05) is 25.7 Å². The monoisotopic (exact) mass is 1470 g/mol. The molecule has 19 heteroatoms. The minimum absolute atomic E-state index is 0.0752. The quantitative estimate of drug-likeness (QED) is 0.0169. The van der Waals surface area contributed by atoms with Gasteiger partial charge >= 0.3 is 39.5 Å². The molecule has 0 aromatic rings. The van der Waals surface area contributed by atoms with E-state index in [0.29, 0.717) is 25.7 Å². The number of allylic oxidation sites excluding steroid dienone is 18. The van der Waals surface area contributed by atoms with Crippen molar-refractivity contribution in [3.63, 3.8) is 0 Å². The lowest BCUT2D eigenvalue weighted by Crippen LogP contribution is -2.30. The normalized spacial score (nSPS) is 14.5. The third-order valence-electron chi connectivity index (χ3n) is 16.7. The molecule has 0 rings (SSSR count). The van der Waals surface area contributed by atoms with Crippen LogP contribution in [0.3, 0.4) is 0 Å². The Morgan fingerprint density at radius 1 is 0.284 bits per heavy atom. The van der Waals surface area contributed by atoms with Crippen LogP contribution in [0.2, 0.25) is 0 Å². The highest BCUT2D eigenvalue weighted by molar-refractivity contribution is 7.47. The maximum absolute atomic E-state index is 13.1. The molecule has 588 valence electrons. The maximum Gasteiger partial charge on any atom is 0.472 e. The molecule has 5 unspecified atom stereocenters. The summed E-state index contributed by atoms with van der Waals surface area (Å²) in [4.78, 5) is 73.0. The molecule has 0 aromatic heterocycles. The summed E-state index contributed by atoms with van der Waals surface area (Å²) in [6.07, 6.45) is 80.6. The van der Waals surface area contributed by atoms with Crippen molar-refractivity contribution in [3.8, 4) is 0 Å². The molecule has 0 bridgehead atoms. The zero-order valence-corrected chi connectivity index (χ0v) is 66.0. The van der Waals surface area contributed by atoms with Gasteiger partial charge < -0.3 is 33.8 Å². The average Bonchev–Trinajstić information content (AvgIpc) is 0.939. The van der Waals surface area contributed by atoms with Crippen LogP contribution in [0.5, 0.6) is 0 Å². The van der Waals surface area contributed by atoms with Crippen LogP contribution in [0.1, 0.15) is 336 Å². The number of carbonyl (C=O) groups is 4. The predicted octanol–water partition coefficient (Wildman–Crippen LogP) is 23.3. The number of hydrogen-bond donors (Lipinski definition) is 3. The van der Waals surface area contributed by atoms with E-state index in [1.165, 1.54) is 57.8 Å². The molecule has 0 amide bonds. The van der Waals surface area contributed by atoms with Crippen LogP contribution in [0.15, 0.2) is 109 Å². The Labute approximate surface area is 619 Å². The molecule has 0 aliphatic carbocycles. The molecule has 0 spiro atoms. The molecule has 17 nitrogen and oxygen atoms in total. The van der Waals surface area contributed by atoms with Crippen molar-refractivity contribution in [2.24, 2.45) is 0 Å². The topological polar surface area (TPSA) is 237 Å². The number of ether oxygens (including phenoxy) is 4. The average molecular weight is 1480 g/mol. The fraction of sp³-hybridized carbons (Fsp3) is 0.735. The van der Waals surface area contributed by atoms with E-state index in [-0.39, 0.29) is 25.7 Å². The Balaban J connectivity index is 5.33. The van der Waals surface area contributed by atoms with Crippen molar-refractivity contribution in [2.45, 2.75) is 354 Å². The fourth-order valence-electron chi connectivity index (χ4n) is 10.7. The highest BCUT2D eigenvalue weighted by Crippen LogP contribution is 2.45. The zero-order valence-electron chi connectivity index (χ0n) is 64.3. The Morgan fingerprint density at radius 3 is 0.804 bits per heavy atom. The molecule has 0 heterocycles. The van der Waals surface area contributed by atoms with Crippen molar-refractivity contribution in [1.29, 1.82) is 0 Å². The summed E-state index contributed by atoms with van der Waals surface area (Å²) in [7, 11) is -9.96. The van der Waals surface area contributed by atoms with Gasteiger partial charge in [0.1, 0.15) is 19.3 Å². The molecule has 5 atom stereocenters. The zero-order chi connectivity index (χ0) is 74.6. The van der Waals surface area contributed by atoms with E-state index in [1.54, 1.807) is 0 Å². The van der Waals surface area contributed by atoms with Crippen LogP contribution < -0.4 is 0 Å². The second-order valence-electron chi connectivity index (χ2n) is 26.6. The van der Waals surface area contributed by atoms with Gasteiger partial charge in [-0.05, 0) is 128 Å². The number of hydrogen-bond acceptors (Lipinski definition) is 15. The van der Waals surface area contributed by atoms with Gasteiger partial charge in [0.15, 0.2) is 12.2 Å². The number of aliphatic hydroxyl groups excluding tert-OH is 1. The number of rotatable bonds is 75. The minimum Gasteiger partial charge on any atom is -0.462 e. The first kappa shape index (κ1) is 97.7. The lowest BCUT2D eigenvalue weighted by molar-refractivity contribution is -0.161. The van der Waals surface area contributed by atoms with Gasteiger partial charge in [0.05, 0.1) is 26.4 Å². The number of phosphoric ester groups is 2.